The maximum atomic E-state index is 12.8. The van der Waals surface area contributed by atoms with Gasteiger partial charge < -0.3 is 9.32 Å². The van der Waals surface area contributed by atoms with Gasteiger partial charge in [0, 0.05) is 37.4 Å². The number of para-hydroxylation sites is 1. The molecule has 1 amide bonds. The summed E-state index contributed by atoms with van der Waals surface area (Å²) in [5.41, 5.74) is 2.11. The summed E-state index contributed by atoms with van der Waals surface area (Å²) < 4.78 is 5.97. The fraction of sp³-hybridized carbons (Fsp3) is 0.571. The predicted molar refractivity (Wildman–Crippen MR) is 95.6 cm³/mol. The van der Waals surface area contributed by atoms with E-state index in [1.165, 1.54) is 31.2 Å². The van der Waals surface area contributed by atoms with E-state index in [-0.39, 0.29) is 0 Å². The van der Waals surface area contributed by atoms with Gasteiger partial charge in [-0.05, 0) is 49.5 Å². The minimum absolute atomic E-state index is 0.297. The fourth-order valence-corrected chi connectivity index (χ4v) is 4.06. The van der Waals surface area contributed by atoms with Gasteiger partial charge in [-0.3, -0.25) is 4.79 Å². The molecule has 3 heteroatoms. The van der Waals surface area contributed by atoms with Crippen LogP contribution in [0.15, 0.2) is 28.7 Å². The molecule has 2 aliphatic carbocycles. The summed E-state index contributed by atoms with van der Waals surface area (Å²) in [7, 11) is 1.94. The van der Waals surface area contributed by atoms with Gasteiger partial charge in [-0.2, -0.15) is 0 Å². The number of carbonyl (C=O) groups excluding carboxylic acids is 1. The number of furan rings is 1. The summed E-state index contributed by atoms with van der Waals surface area (Å²) in [5.74, 6) is 3.61. The van der Waals surface area contributed by atoms with Gasteiger partial charge in [-0.1, -0.05) is 25.1 Å². The van der Waals surface area contributed by atoms with Crippen molar-refractivity contribution >= 4 is 16.9 Å². The standard InChI is InChI=1S/C21H27NO2/c1-3-19-18(16-6-4-5-7-20(16)24-19)13-22(2)21(23)12-17(14-8-9-14)15-10-11-15/h4-7,14-15,17H,3,8-13H2,1-2H3. The highest BCUT2D eigenvalue weighted by Crippen LogP contribution is 2.50. The lowest BCUT2D eigenvalue weighted by molar-refractivity contribution is -0.131. The first-order valence-electron chi connectivity index (χ1n) is 9.40. The number of rotatable bonds is 7. The van der Waals surface area contributed by atoms with E-state index in [4.69, 9.17) is 4.42 Å². The number of fused-ring (bicyclic) bond motifs is 1. The number of hydrogen-bond donors (Lipinski definition) is 0. The highest BCUT2D eigenvalue weighted by Gasteiger charge is 2.42. The van der Waals surface area contributed by atoms with Crippen molar-refractivity contribution in [2.75, 3.05) is 7.05 Å². The van der Waals surface area contributed by atoms with Crippen LogP contribution in [0.5, 0.6) is 0 Å². The first-order chi connectivity index (χ1) is 11.7. The molecule has 0 atom stereocenters. The molecule has 0 unspecified atom stereocenters. The second kappa shape index (κ2) is 6.27. The zero-order valence-electron chi connectivity index (χ0n) is 14.8. The molecule has 2 fully saturated rings. The first-order valence-corrected chi connectivity index (χ1v) is 9.40. The topological polar surface area (TPSA) is 33.5 Å². The second-order valence-electron chi connectivity index (χ2n) is 7.65. The zero-order valence-corrected chi connectivity index (χ0v) is 14.8. The number of aryl methyl sites for hydroxylation is 1. The lowest BCUT2D eigenvalue weighted by Gasteiger charge is -2.21. The molecule has 2 aliphatic rings. The SMILES string of the molecule is CCc1oc2ccccc2c1CN(C)C(=O)CC(C1CC1)C1CC1. The highest BCUT2D eigenvalue weighted by atomic mass is 16.3. The molecule has 24 heavy (non-hydrogen) atoms. The number of carbonyl (C=O) groups is 1. The van der Waals surface area contributed by atoms with Crippen molar-refractivity contribution in [1.82, 2.24) is 4.90 Å². The molecular formula is C21H27NO2. The van der Waals surface area contributed by atoms with Gasteiger partial charge in [0.1, 0.15) is 11.3 Å². The molecule has 1 heterocycles. The molecule has 1 aromatic carbocycles. The summed E-state index contributed by atoms with van der Waals surface area (Å²) in [6, 6.07) is 8.15. The summed E-state index contributed by atoms with van der Waals surface area (Å²) in [4.78, 5) is 14.7. The third kappa shape index (κ3) is 3.09. The minimum Gasteiger partial charge on any atom is -0.461 e. The molecule has 1 aromatic heterocycles. The minimum atomic E-state index is 0.297. The summed E-state index contributed by atoms with van der Waals surface area (Å²) in [6.07, 6.45) is 6.95. The van der Waals surface area contributed by atoms with E-state index >= 15 is 0 Å². The number of benzene rings is 1. The van der Waals surface area contributed by atoms with Crippen LogP contribution in [-0.4, -0.2) is 17.9 Å². The van der Waals surface area contributed by atoms with Crippen molar-refractivity contribution in [2.24, 2.45) is 17.8 Å². The molecule has 4 rings (SSSR count). The molecule has 128 valence electrons. The van der Waals surface area contributed by atoms with Crippen LogP contribution < -0.4 is 0 Å². The predicted octanol–water partition coefficient (Wildman–Crippen LogP) is 4.78. The molecule has 0 radical (unpaired) electrons. The van der Waals surface area contributed by atoms with E-state index in [1.54, 1.807) is 0 Å². The van der Waals surface area contributed by atoms with Crippen LogP contribution in [0.2, 0.25) is 0 Å². The molecule has 2 aromatic rings. The number of hydrogen-bond acceptors (Lipinski definition) is 2. The Morgan fingerprint density at radius 2 is 1.88 bits per heavy atom. The molecule has 2 saturated carbocycles. The van der Waals surface area contributed by atoms with Crippen LogP contribution in [0.25, 0.3) is 11.0 Å². The van der Waals surface area contributed by atoms with Crippen LogP contribution >= 0.6 is 0 Å². The Morgan fingerprint density at radius 3 is 2.50 bits per heavy atom. The Kier molecular flexibility index (Phi) is 4.11. The second-order valence-corrected chi connectivity index (χ2v) is 7.65. The van der Waals surface area contributed by atoms with Gasteiger partial charge in [0.25, 0.3) is 0 Å². The molecule has 0 saturated heterocycles. The molecule has 3 nitrogen and oxygen atoms in total. The molecule has 0 spiro atoms. The first kappa shape index (κ1) is 15.7. The molecule has 0 N–H and O–H groups in total. The van der Waals surface area contributed by atoms with Gasteiger partial charge in [0.15, 0.2) is 0 Å². The maximum absolute atomic E-state index is 12.8. The van der Waals surface area contributed by atoms with Gasteiger partial charge >= 0.3 is 0 Å². The van der Waals surface area contributed by atoms with Gasteiger partial charge in [-0.25, -0.2) is 0 Å². The third-order valence-corrected chi connectivity index (χ3v) is 5.79. The van der Waals surface area contributed by atoms with Crippen LogP contribution in [-0.2, 0) is 17.8 Å². The van der Waals surface area contributed by atoms with E-state index in [0.717, 1.165) is 41.4 Å². The van der Waals surface area contributed by atoms with Gasteiger partial charge in [0.2, 0.25) is 5.91 Å². The van der Waals surface area contributed by atoms with E-state index in [1.807, 2.05) is 30.1 Å². The van der Waals surface area contributed by atoms with Crippen LogP contribution in [0.4, 0.5) is 0 Å². The summed E-state index contributed by atoms with van der Waals surface area (Å²) >= 11 is 0. The van der Waals surface area contributed by atoms with E-state index in [0.29, 0.717) is 18.4 Å². The zero-order chi connectivity index (χ0) is 16.7. The monoisotopic (exact) mass is 325 g/mol. The van der Waals surface area contributed by atoms with Gasteiger partial charge in [-0.15, -0.1) is 0 Å². The van der Waals surface area contributed by atoms with Crippen molar-refractivity contribution in [3.05, 3.63) is 35.6 Å². The molecule has 0 aliphatic heterocycles. The van der Waals surface area contributed by atoms with Crippen molar-refractivity contribution in [3.63, 3.8) is 0 Å². The Balaban J connectivity index is 1.49. The Bertz CT molecular complexity index is 727. The van der Waals surface area contributed by atoms with Crippen molar-refractivity contribution in [2.45, 2.75) is 52.0 Å². The Hall–Kier alpha value is -1.77. The van der Waals surface area contributed by atoms with Crippen LogP contribution in [0, 0.1) is 17.8 Å². The fourth-order valence-electron chi connectivity index (χ4n) is 4.06. The summed E-state index contributed by atoms with van der Waals surface area (Å²) in [6.45, 7) is 2.76. The van der Waals surface area contributed by atoms with Crippen LogP contribution in [0.3, 0.4) is 0 Å². The molecular weight excluding hydrogens is 298 g/mol. The van der Waals surface area contributed by atoms with E-state index in [2.05, 4.69) is 13.0 Å². The normalized spacial score (nSPS) is 17.6. The quantitative estimate of drug-likeness (QED) is 0.734. The largest absolute Gasteiger partial charge is 0.461 e. The number of nitrogens with zero attached hydrogens (tertiary/aromatic N) is 1. The van der Waals surface area contributed by atoms with E-state index < -0.39 is 0 Å². The Morgan fingerprint density at radius 1 is 1.21 bits per heavy atom. The lowest BCUT2D eigenvalue weighted by Crippen LogP contribution is -2.29. The third-order valence-electron chi connectivity index (χ3n) is 5.79. The molecule has 0 bridgehead atoms. The average Bonchev–Trinajstić information content (AvgIpc) is 3.50. The lowest BCUT2D eigenvalue weighted by atomic mass is 9.93. The van der Waals surface area contributed by atoms with Crippen molar-refractivity contribution < 1.29 is 9.21 Å². The smallest absolute Gasteiger partial charge is 0.222 e. The van der Waals surface area contributed by atoms with Crippen molar-refractivity contribution in [3.8, 4) is 0 Å². The number of amides is 1. The Labute approximate surface area is 144 Å². The highest BCUT2D eigenvalue weighted by molar-refractivity contribution is 5.83. The van der Waals surface area contributed by atoms with Gasteiger partial charge in [0.05, 0.1) is 0 Å². The summed E-state index contributed by atoms with van der Waals surface area (Å²) in [5, 5.41) is 1.15. The average molecular weight is 325 g/mol. The maximum Gasteiger partial charge on any atom is 0.222 e. The van der Waals surface area contributed by atoms with E-state index in [9.17, 15) is 4.79 Å². The van der Waals surface area contributed by atoms with Crippen molar-refractivity contribution in [1.29, 1.82) is 0 Å². The van der Waals surface area contributed by atoms with Crippen LogP contribution in [0.1, 0.15) is 50.4 Å².